The van der Waals surface area contributed by atoms with Crippen LogP contribution in [0.3, 0.4) is 0 Å². The number of hydrogen-bond acceptors (Lipinski definition) is 4. The van der Waals surface area contributed by atoms with Crippen LogP contribution in [0.4, 0.5) is 17.1 Å². The van der Waals surface area contributed by atoms with Gasteiger partial charge < -0.3 is 33.9 Å². The smallest absolute Gasteiger partial charge is 0.266 e. The zero-order chi connectivity index (χ0) is 16.3. The molecule has 124 valence electrons. The Kier molecular flexibility index (Phi) is 5.97. The third-order valence-corrected chi connectivity index (χ3v) is 2.88. The van der Waals surface area contributed by atoms with Crippen LogP contribution in [-0.2, 0) is 23.2 Å². The van der Waals surface area contributed by atoms with Gasteiger partial charge >= 0.3 is 0 Å². The van der Waals surface area contributed by atoms with E-state index in [-0.39, 0.29) is 47.9 Å². The number of nitrogens with two attached hydrogens (primary N) is 1. The second-order valence-corrected chi connectivity index (χ2v) is 4.94. The number of phenols is 1. The van der Waals surface area contributed by atoms with Crippen LogP contribution in [0.1, 0.15) is 6.92 Å². The summed E-state index contributed by atoms with van der Waals surface area (Å²) in [5.74, 6) is -0.822. The van der Waals surface area contributed by atoms with Crippen molar-refractivity contribution in [3.05, 3.63) is 30.9 Å². The Hall–Kier alpha value is -2.74. The van der Waals surface area contributed by atoms with E-state index in [2.05, 4.69) is 10.6 Å². The first kappa shape index (κ1) is 18.3. The number of hydrogen-bond donors (Lipinski definition) is 4. The number of benzene rings is 1. The summed E-state index contributed by atoms with van der Waals surface area (Å²) in [6.07, 6.45) is 5.31. The van der Waals surface area contributed by atoms with Crippen LogP contribution in [0.5, 0.6) is 5.75 Å². The fourth-order valence-corrected chi connectivity index (χ4v) is 2.00. The van der Waals surface area contributed by atoms with Gasteiger partial charge in [0.15, 0.2) is 6.54 Å². The van der Waals surface area contributed by atoms with E-state index in [0.29, 0.717) is 5.69 Å². The number of anilines is 3. The van der Waals surface area contributed by atoms with E-state index in [4.69, 9.17) is 5.73 Å². The second kappa shape index (κ2) is 7.50. The van der Waals surface area contributed by atoms with Crippen LogP contribution in [-0.4, -0.2) is 21.5 Å². The highest BCUT2D eigenvalue weighted by Crippen LogP contribution is 2.33. The number of carbonyl (C=O) groups is 2. The summed E-state index contributed by atoms with van der Waals surface area (Å²) in [6.45, 7) is 1.44. The standard InChI is InChI=1S/C14H17N5O3.ClH/c1-9(20)16-10-5-11(15)14(12(21)6-10)17-13(22)7-19-4-3-18(2)8-19;/h3-6,8H,7,15H2,1-2H3,(H2-,16,17,20,21,22);1H. The number of nitrogens with one attached hydrogen (secondary N) is 2. The van der Waals surface area contributed by atoms with Gasteiger partial charge in [-0.1, -0.05) is 0 Å². The van der Waals surface area contributed by atoms with Crippen LogP contribution in [0.2, 0.25) is 0 Å². The largest absolute Gasteiger partial charge is 1.00 e. The quantitative estimate of drug-likeness (QED) is 0.274. The Morgan fingerprint density at radius 2 is 2.04 bits per heavy atom. The predicted molar refractivity (Wildman–Crippen MR) is 81.1 cm³/mol. The molecule has 0 aliphatic rings. The van der Waals surface area contributed by atoms with Gasteiger partial charge in [0.1, 0.15) is 23.8 Å². The molecule has 0 spiro atoms. The van der Waals surface area contributed by atoms with Crippen LogP contribution in [0.15, 0.2) is 30.9 Å². The highest BCUT2D eigenvalue weighted by Gasteiger charge is 2.14. The first-order chi connectivity index (χ1) is 10.3. The van der Waals surface area contributed by atoms with Gasteiger partial charge in [-0.2, -0.15) is 0 Å². The normalized spacial score (nSPS) is 9.83. The van der Waals surface area contributed by atoms with Crippen LogP contribution >= 0.6 is 0 Å². The Morgan fingerprint density at radius 1 is 1.35 bits per heavy atom. The van der Waals surface area contributed by atoms with E-state index in [1.54, 1.807) is 27.9 Å². The molecule has 0 aliphatic carbocycles. The molecule has 0 atom stereocenters. The number of nitrogens with zero attached hydrogens (tertiary/aromatic N) is 2. The van der Waals surface area contributed by atoms with Crippen LogP contribution < -0.4 is 33.3 Å². The lowest BCUT2D eigenvalue weighted by atomic mass is 10.2. The summed E-state index contributed by atoms with van der Waals surface area (Å²) in [5.41, 5.74) is 6.45. The third kappa shape index (κ3) is 4.89. The minimum Gasteiger partial charge on any atom is -1.00 e. The van der Waals surface area contributed by atoms with Crippen molar-refractivity contribution < 1.29 is 31.7 Å². The lowest BCUT2D eigenvalue weighted by Crippen LogP contribution is -3.00. The summed E-state index contributed by atoms with van der Waals surface area (Å²) in [4.78, 5) is 23.0. The van der Waals surface area contributed by atoms with Crippen LogP contribution in [0, 0.1) is 0 Å². The van der Waals surface area contributed by atoms with Gasteiger partial charge in [-0.3, -0.25) is 9.59 Å². The van der Waals surface area contributed by atoms with Gasteiger partial charge in [0.05, 0.1) is 12.7 Å². The van der Waals surface area contributed by atoms with Crippen molar-refractivity contribution in [1.82, 2.24) is 4.57 Å². The number of halogens is 1. The Morgan fingerprint density at radius 3 is 2.57 bits per heavy atom. The molecule has 2 rings (SSSR count). The summed E-state index contributed by atoms with van der Waals surface area (Å²) in [6, 6.07) is 2.79. The second-order valence-electron chi connectivity index (χ2n) is 4.94. The molecule has 1 heterocycles. The molecule has 1 aromatic carbocycles. The maximum atomic E-state index is 12.0. The lowest BCUT2D eigenvalue weighted by molar-refractivity contribution is -0.671. The first-order valence-electron chi connectivity index (χ1n) is 6.56. The average Bonchev–Trinajstić information content (AvgIpc) is 2.78. The number of imidazole rings is 1. The van der Waals surface area contributed by atoms with E-state index in [9.17, 15) is 14.7 Å². The molecule has 2 aromatic rings. The fourth-order valence-electron chi connectivity index (χ4n) is 2.00. The zero-order valence-electron chi connectivity index (χ0n) is 12.7. The van der Waals surface area contributed by atoms with Gasteiger partial charge in [-0.05, 0) is 6.07 Å². The molecule has 0 saturated carbocycles. The number of phenolic OH excluding ortho intramolecular Hbond substituents is 1. The maximum Gasteiger partial charge on any atom is 0.266 e. The van der Waals surface area contributed by atoms with Crippen molar-refractivity contribution in [2.75, 3.05) is 16.4 Å². The third-order valence-electron chi connectivity index (χ3n) is 2.88. The molecule has 0 aliphatic heterocycles. The van der Waals surface area contributed by atoms with Crippen molar-refractivity contribution in [3.8, 4) is 5.75 Å². The number of amides is 2. The number of aromatic nitrogens is 2. The van der Waals surface area contributed by atoms with E-state index in [0.717, 1.165) is 0 Å². The number of nitrogen functional groups attached to an aromatic ring is 1. The van der Waals surface area contributed by atoms with Gasteiger partial charge in [0.25, 0.3) is 5.91 Å². The number of carbonyl (C=O) groups excluding carboxylic acids is 2. The zero-order valence-corrected chi connectivity index (χ0v) is 13.5. The molecule has 8 nitrogen and oxygen atoms in total. The average molecular weight is 340 g/mol. The molecule has 9 heteroatoms. The number of aryl methyl sites for hydroxylation is 1. The molecular weight excluding hydrogens is 322 g/mol. The number of aromatic hydroxyl groups is 1. The van der Waals surface area contributed by atoms with Crippen LogP contribution in [0.25, 0.3) is 0 Å². The minimum atomic E-state index is -0.328. The topological polar surface area (TPSA) is 113 Å². The van der Waals surface area contributed by atoms with Crippen molar-refractivity contribution in [2.24, 2.45) is 7.05 Å². The summed E-state index contributed by atoms with van der Waals surface area (Å²) in [5, 5.41) is 15.0. The maximum absolute atomic E-state index is 12.0. The molecule has 2 amide bonds. The van der Waals surface area contributed by atoms with E-state index in [1.807, 2.05) is 7.05 Å². The lowest BCUT2D eigenvalue weighted by Gasteiger charge is -2.12. The highest BCUT2D eigenvalue weighted by molar-refractivity contribution is 5.98. The molecular formula is C14H18ClN5O3. The van der Waals surface area contributed by atoms with Crippen molar-refractivity contribution in [2.45, 2.75) is 13.5 Å². The first-order valence-corrected chi connectivity index (χ1v) is 6.56. The molecule has 0 radical (unpaired) electrons. The van der Waals surface area contributed by atoms with Crippen molar-refractivity contribution in [1.29, 1.82) is 0 Å². The van der Waals surface area contributed by atoms with E-state index in [1.165, 1.54) is 19.1 Å². The Bertz CT molecular complexity index is 706. The molecule has 0 fully saturated rings. The Labute approximate surface area is 139 Å². The minimum absolute atomic E-state index is 0. The summed E-state index contributed by atoms with van der Waals surface area (Å²) >= 11 is 0. The van der Waals surface area contributed by atoms with E-state index >= 15 is 0 Å². The van der Waals surface area contributed by atoms with Gasteiger partial charge in [-0.25, -0.2) is 9.13 Å². The molecule has 0 bridgehead atoms. The van der Waals surface area contributed by atoms with E-state index < -0.39 is 0 Å². The Balaban J connectivity index is 0.00000264. The van der Waals surface area contributed by atoms with Gasteiger partial charge in [-0.15, -0.1) is 0 Å². The number of rotatable bonds is 4. The molecule has 1 aromatic heterocycles. The highest BCUT2D eigenvalue weighted by atomic mass is 35.5. The van der Waals surface area contributed by atoms with Crippen molar-refractivity contribution >= 4 is 28.9 Å². The summed E-state index contributed by atoms with van der Waals surface area (Å²) in [7, 11) is 1.85. The SMILES string of the molecule is CC(=O)Nc1cc(N)c(NC(=O)Cn2cc[n+](C)c2)c(O)c1.[Cl-]. The fraction of sp³-hybridized carbons (Fsp3) is 0.214. The van der Waals surface area contributed by atoms with Crippen molar-refractivity contribution in [3.63, 3.8) is 0 Å². The molecule has 0 unspecified atom stereocenters. The monoisotopic (exact) mass is 339 g/mol. The molecule has 5 N–H and O–H groups in total. The summed E-state index contributed by atoms with van der Waals surface area (Å²) < 4.78 is 3.50. The molecule has 0 saturated heterocycles. The molecule has 23 heavy (non-hydrogen) atoms. The van der Waals surface area contributed by atoms with Gasteiger partial charge in [0, 0.05) is 18.7 Å². The predicted octanol–water partition coefficient (Wildman–Crippen LogP) is -2.80. The van der Waals surface area contributed by atoms with Gasteiger partial charge in [0.2, 0.25) is 12.2 Å².